The third-order valence-electron chi connectivity index (χ3n) is 4.32. The Labute approximate surface area is 127 Å². The fourth-order valence-electron chi connectivity index (χ4n) is 3.27. The lowest BCUT2D eigenvalue weighted by Gasteiger charge is -2.24. The Balaban J connectivity index is 1.81. The van der Waals surface area contributed by atoms with Crippen molar-refractivity contribution < 1.29 is 19.4 Å². The molecule has 4 atom stereocenters. The van der Waals surface area contributed by atoms with Gasteiger partial charge in [0, 0.05) is 10.7 Å². The highest BCUT2D eigenvalue weighted by Crippen LogP contribution is 2.44. The first kappa shape index (κ1) is 14.4. The van der Waals surface area contributed by atoms with E-state index in [9.17, 15) is 14.7 Å². The van der Waals surface area contributed by atoms with E-state index < -0.39 is 17.8 Å². The summed E-state index contributed by atoms with van der Waals surface area (Å²) >= 11 is 5.93. The summed E-state index contributed by atoms with van der Waals surface area (Å²) in [5, 5.41) is 12.7. The average Bonchev–Trinajstić information content (AvgIpc) is 3.03. The number of carbonyl (C=O) groups is 2. The number of rotatable bonds is 3. The highest BCUT2D eigenvalue weighted by atomic mass is 35.5. The largest absolute Gasteiger partial charge is 0.481 e. The van der Waals surface area contributed by atoms with Crippen LogP contribution in [0.2, 0.25) is 5.02 Å². The van der Waals surface area contributed by atoms with Crippen molar-refractivity contribution in [2.45, 2.75) is 32.0 Å². The number of anilines is 1. The second-order valence-corrected chi connectivity index (χ2v) is 6.07. The van der Waals surface area contributed by atoms with Gasteiger partial charge in [0.05, 0.1) is 24.0 Å². The van der Waals surface area contributed by atoms with Gasteiger partial charge in [-0.1, -0.05) is 17.7 Å². The first-order valence-electron chi connectivity index (χ1n) is 6.92. The lowest BCUT2D eigenvalue weighted by atomic mass is 9.78. The van der Waals surface area contributed by atoms with Crippen molar-refractivity contribution in [3.8, 4) is 0 Å². The zero-order valence-electron chi connectivity index (χ0n) is 11.5. The number of hydrogen-bond donors (Lipinski definition) is 2. The summed E-state index contributed by atoms with van der Waals surface area (Å²) in [6.07, 6.45) is 0.808. The van der Waals surface area contributed by atoms with Crippen molar-refractivity contribution in [1.29, 1.82) is 0 Å². The molecule has 0 saturated carbocycles. The normalized spacial score (nSPS) is 30.4. The second kappa shape index (κ2) is 5.31. The molecule has 0 spiro atoms. The molecule has 2 saturated heterocycles. The molecule has 1 aromatic rings. The lowest BCUT2D eigenvalue weighted by molar-refractivity contribution is -0.147. The molecule has 2 aliphatic heterocycles. The maximum Gasteiger partial charge on any atom is 0.310 e. The van der Waals surface area contributed by atoms with Gasteiger partial charge in [0.25, 0.3) is 0 Å². The predicted octanol–water partition coefficient (Wildman–Crippen LogP) is 2.47. The molecular weight excluding hydrogens is 294 g/mol. The molecule has 6 heteroatoms. The van der Waals surface area contributed by atoms with E-state index >= 15 is 0 Å². The van der Waals surface area contributed by atoms with E-state index in [0.29, 0.717) is 17.1 Å². The van der Waals surface area contributed by atoms with Crippen LogP contribution in [0.3, 0.4) is 0 Å². The van der Waals surface area contributed by atoms with Gasteiger partial charge in [-0.2, -0.15) is 0 Å². The Morgan fingerprint density at radius 1 is 1.29 bits per heavy atom. The van der Waals surface area contributed by atoms with E-state index in [1.165, 1.54) is 0 Å². The van der Waals surface area contributed by atoms with Gasteiger partial charge in [-0.25, -0.2) is 0 Å². The summed E-state index contributed by atoms with van der Waals surface area (Å²) in [4.78, 5) is 23.9. The van der Waals surface area contributed by atoms with E-state index in [-0.39, 0.29) is 18.1 Å². The molecule has 2 aliphatic rings. The van der Waals surface area contributed by atoms with Gasteiger partial charge in [-0.05, 0) is 37.5 Å². The van der Waals surface area contributed by atoms with Gasteiger partial charge in [-0.15, -0.1) is 0 Å². The standard InChI is InChI=1S/C15H16ClNO4/c1-7-2-3-8(16)6-9(7)17-14(18)12-10-4-5-11(21-10)13(12)15(19)20/h2-3,6,10-13H,4-5H2,1H3,(H,17,18)(H,19,20)/t10-,11+,12+,13-/m0/s1. The van der Waals surface area contributed by atoms with Crippen molar-refractivity contribution in [1.82, 2.24) is 0 Å². The first-order valence-corrected chi connectivity index (χ1v) is 7.30. The molecule has 0 aliphatic carbocycles. The Morgan fingerprint density at radius 3 is 2.62 bits per heavy atom. The fourth-order valence-corrected chi connectivity index (χ4v) is 3.44. The quantitative estimate of drug-likeness (QED) is 0.899. The van der Waals surface area contributed by atoms with E-state index in [4.69, 9.17) is 16.3 Å². The molecule has 112 valence electrons. The molecule has 21 heavy (non-hydrogen) atoms. The molecule has 3 rings (SSSR count). The Kier molecular flexibility index (Phi) is 3.63. The summed E-state index contributed by atoms with van der Waals surface area (Å²) in [5.41, 5.74) is 1.49. The van der Waals surface area contributed by atoms with Crippen LogP contribution in [0, 0.1) is 18.8 Å². The molecule has 2 N–H and O–H groups in total. The number of hydrogen-bond acceptors (Lipinski definition) is 3. The van der Waals surface area contributed by atoms with E-state index in [0.717, 1.165) is 12.0 Å². The summed E-state index contributed by atoms with van der Waals surface area (Å²) in [5.74, 6) is -2.67. The minimum atomic E-state index is -0.967. The van der Waals surface area contributed by atoms with Crippen molar-refractivity contribution in [2.24, 2.45) is 11.8 Å². The number of fused-ring (bicyclic) bond motifs is 2. The van der Waals surface area contributed by atoms with Crippen LogP contribution in [0.5, 0.6) is 0 Å². The summed E-state index contributed by atoms with van der Waals surface area (Å²) < 4.78 is 5.60. The number of carboxylic acids is 1. The molecule has 0 radical (unpaired) electrons. The first-order chi connectivity index (χ1) is 9.97. The Morgan fingerprint density at radius 2 is 1.95 bits per heavy atom. The van der Waals surface area contributed by atoms with Crippen LogP contribution in [-0.2, 0) is 14.3 Å². The monoisotopic (exact) mass is 309 g/mol. The maximum atomic E-state index is 12.5. The number of benzene rings is 1. The van der Waals surface area contributed by atoms with E-state index in [1.807, 2.05) is 13.0 Å². The van der Waals surface area contributed by atoms with Crippen LogP contribution in [0.4, 0.5) is 5.69 Å². The predicted molar refractivity (Wildman–Crippen MR) is 77.3 cm³/mol. The third kappa shape index (κ3) is 2.51. The van der Waals surface area contributed by atoms with Gasteiger partial charge < -0.3 is 15.2 Å². The van der Waals surface area contributed by atoms with Crippen molar-refractivity contribution in [2.75, 3.05) is 5.32 Å². The highest BCUT2D eigenvalue weighted by molar-refractivity contribution is 6.31. The Bertz CT molecular complexity index is 603. The fraction of sp³-hybridized carbons (Fsp3) is 0.467. The van der Waals surface area contributed by atoms with Crippen LogP contribution >= 0.6 is 11.6 Å². The van der Waals surface area contributed by atoms with Crippen LogP contribution in [0.1, 0.15) is 18.4 Å². The van der Waals surface area contributed by atoms with Gasteiger partial charge in [0.1, 0.15) is 0 Å². The maximum absolute atomic E-state index is 12.5. The second-order valence-electron chi connectivity index (χ2n) is 5.63. The van der Waals surface area contributed by atoms with Crippen LogP contribution < -0.4 is 5.32 Å². The number of halogens is 1. The van der Waals surface area contributed by atoms with Crippen LogP contribution in [0.15, 0.2) is 18.2 Å². The van der Waals surface area contributed by atoms with Crippen molar-refractivity contribution in [3.63, 3.8) is 0 Å². The number of aryl methyl sites for hydroxylation is 1. The number of amides is 1. The van der Waals surface area contributed by atoms with Gasteiger partial charge in [-0.3, -0.25) is 9.59 Å². The van der Waals surface area contributed by atoms with E-state index in [1.54, 1.807) is 12.1 Å². The molecule has 2 heterocycles. The number of carboxylic acid groups (broad SMARTS) is 1. The number of ether oxygens (including phenoxy) is 1. The molecule has 1 amide bonds. The zero-order valence-corrected chi connectivity index (χ0v) is 12.3. The minimum absolute atomic E-state index is 0.296. The molecule has 5 nitrogen and oxygen atoms in total. The number of carbonyl (C=O) groups excluding carboxylic acids is 1. The topological polar surface area (TPSA) is 75.6 Å². The van der Waals surface area contributed by atoms with Gasteiger partial charge in [0.2, 0.25) is 5.91 Å². The van der Waals surface area contributed by atoms with Crippen LogP contribution in [0.25, 0.3) is 0 Å². The smallest absolute Gasteiger partial charge is 0.310 e. The van der Waals surface area contributed by atoms with Crippen molar-refractivity contribution >= 4 is 29.2 Å². The summed E-state index contributed by atoms with van der Waals surface area (Å²) in [6.45, 7) is 1.86. The van der Waals surface area contributed by atoms with E-state index in [2.05, 4.69) is 5.32 Å². The van der Waals surface area contributed by atoms with Crippen LogP contribution in [-0.4, -0.2) is 29.2 Å². The Hall–Kier alpha value is -1.59. The molecule has 2 bridgehead atoms. The molecule has 0 aromatic heterocycles. The molecule has 0 unspecified atom stereocenters. The zero-order chi connectivity index (χ0) is 15.1. The highest BCUT2D eigenvalue weighted by Gasteiger charge is 2.55. The van der Waals surface area contributed by atoms with Gasteiger partial charge in [0.15, 0.2) is 0 Å². The number of nitrogens with one attached hydrogen (secondary N) is 1. The molecular formula is C15H16ClNO4. The van der Waals surface area contributed by atoms with Crippen molar-refractivity contribution in [3.05, 3.63) is 28.8 Å². The lowest BCUT2D eigenvalue weighted by Crippen LogP contribution is -2.41. The average molecular weight is 310 g/mol. The number of aliphatic carboxylic acids is 1. The molecule has 1 aromatic carbocycles. The summed E-state index contributed by atoms with van der Waals surface area (Å²) in [6, 6.07) is 5.22. The third-order valence-corrected chi connectivity index (χ3v) is 4.55. The SMILES string of the molecule is Cc1ccc(Cl)cc1NC(=O)[C@H]1[C@@H](C(=O)O)[C@H]2CC[C@@H]1O2. The summed E-state index contributed by atoms with van der Waals surface area (Å²) in [7, 11) is 0. The minimum Gasteiger partial charge on any atom is -0.481 e. The van der Waals surface area contributed by atoms with Gasteiger partial charge >= 0.3 is 5.97 Å². The molecule has 2 fully saturated rings.